The smallest absolute Gasteiger partial charge is 0.254 e. The van der Waals surface area contributed by atoms with Gasteiger partial charge < -0.3 is 24.4 Å². The SMILES string of the molecule is CCOc1cc(C(=O)N2CCOCC2)ccc1Nc1ncc(Br)c(OC)n1. The minimum atomic E-state index is -0.0348. The van der Waals surface area contributed by atoms with E-state index in [4.69, 9.17) is 14.2 Å². The normalized spacial score (nSPS) is 14.0. The maximum absolute atomic E-state index is 12.7. The zero-order valence-electron chi connectivity index (χ0n) is 15.2. The standard InChI is InChI=1S/C18H21BrN4O4/c1-3-27-15-10-12(17(24)23-6-8-26-9-7-23)4-5-14(15)21-18-20-11-13(19)16(22-18)25-2/h4-5,10-11H,3,6-9H2,1-2H3,(H,20,21,22). The molecule has 1 fully saturated rings. The molecule has 2 heterocycles. The molecular formula is C18H21BrN4O4. The summed E-state index contributed by atoms with van der Waals surface area (Å²) in [4.78, 5) is 23.0. The molecular weight excluding hydrogens is 416 g/mol. The number of amides is 1. The number of anilines is 2. The molecule has 3 rings (SSSR count). The molecule has 1 saturated heterocycles. The summed E-state index contributed by atoms with van der Waals surface area (Å²) in [6.45, 7) is 4.66. The van der Waals surface area contributed by atoms with Gasteiger partial charge in [0.25, 0.3) is 5.91 Å². The maximum atomic E-state index is 12.7. The highest BCUT2D eigenvalue weighted by molar-refractivity contribution is 9.10. The Hall–Kier alpha value is -2.39. The van der Waals surface area contributed by atoms with E-state index in [1.54, 1.807) is 29.3 Å². The van der Waals surface area contributed by atoms with Crippen molar-refractivity contribution in [3.05, 3.63) is 34.4 Å². The number of ether oxygens (including phenoxy) is 3. The number of carbonyl (C=O) groups excluding carboxylic acids is 1. The number of nitrogens with zero attached hydrogens (tertiary/aromatic N) is 3. The number of carbonyl (C=O) groups is 1. The predicted octanol–water partition coefficient (Wildman–Crippen LogP) is 2.86. The van der Waals surface area contributed by atoms with E-state index in [2.05, 4.69) is 31.2 Å². The van der Waals surface area contributed by atoms with Gasteiger partial charge in [0, 0.05) is 18.7 Å². The molecule has 0 unspecified atom stereocenters. The van der Waals surface area contributed by atoms with Crippen molar-refractivity contribution in [1.29, 1.82) is 0 Å². The number of halogens is 1. The lowest BCUT2D eigenvalue weighted by Crippen LogP contribution is -2.40. The summed E-state index contributed by atoms with van der Waals surface area (Å²) >= 11 is 3.33. The molecule has 1 aliphatic rings. The molecule has 0 spiro atoms. The van der Waals surface area contributed by atoms with Crippen LogP contribution in [0.15, 0.2) is 28.9 Å². The molecule has 144 valence electrons. The summed E-state index contributed by atoms with van der Waals surface area (Å²) in [6, 6.07) is 5.29. The van der Waals surface area contributed by atoms with Crippen LogP contribution in [0.4, 0.5) is 11.6 Å². The lowest BCUT2D eigenvalue weighted by molar-refractivity contribution is 0.0302. The molecule has 1 aromatic heterocycles. The van der Waals surface area contributed by atoms with E-state index in [1.807, 2.05) is 6.92 Å². The van der Waals surface area contributed by atoms with Crippen LogP contribution in [-0.4, -0.2) is 60.8 Å². The van der Waals surface area contributed by atoms with Crippen LogP contribution >= 0.6 is 15.9 Å². The number of aromatic nitrogens is 2. The zero-order valence-corrected chi connectivity index (χ0v) is 16.8. The van der Waals surface area contributed by atoms with Gasteiger partial charge in [-0.25, -0.2) is 4.98 Å². The van der Waals surface area contributed by atoms with E-state index in [0.717, 1.165) is 0 Å². The van der Waals surface area contributed by atoms with Crippen LogP contribution in [0.2, 0.25) is 0 Å². The van der Waals surface area contributed by atoms with Crippen LogP contribution in [0, 0.1) is 0 Å². The Labute approximate surface area is 166 Å². The van der Waals surface area contributed by atoms with E-state index < -0.39 is 0 Å². The first-order valence-corrected chi connectivity index (χ1v) is 9.39. The molecule has 1 aromatic carbocycles. The van der Waals surface area contributed by atoms with Gasteiger partial charge in [-0.1, -0.05) is 0 Å². The molecule has 0 bridgehead atoms. The number of hydrogen-bond acceptors (Lipinski definition) is 7. The second-order valence-corrected chi connectivity index (χ2v) is 6.58. The van der Waals surface area contributed by atoms with Crippen LogP contribution in [0.5, 0.6) is 11.6 Å². The number of nitrogens with one attached hydrogen (secondary N) is 1. The first kappa shape index (κ1) is 19.4. The van der Waals surface area contributed by atoms with Crippen LogP contribution in [0.3, 0.4) is 0 Å². The molecule has 2 aromatic rings. The average Bonchev–Trinajstić information content (AvgIpc) is 2.71. The van der Waals surface area contributed by atoms with Crippen LogP contribution in [-0.2, 0) is 4.74 Å². The predicted molar refractivity (Wildman–Crippen MR) is 104 cm³/mol. The number of morpholine rings is 1. The molecule has 0 atom stereocenters. The quantitative estimate of drug-likeness (QED) is 0.744. The van der Waals surface area contributed by atoms with Gasteiger partial charge in [-0.15, -0.1) is 0 Å². The van der Waals surface area contributed by atoms with Gasteiger partial charge in [0.2, 0.25) is 11.8 Å². The number of hydrogen-bond donors (Lipinski definition) is 1. The minimum Gasteiger partial charge on any atom is -0.492 e. The topological polar surface area (TPSA) is 85.8 Å². The first-order valence-electron chi connectivity index (χ1n) is 8.59. The Bertz CT molecular complexity index is 812. The highest BCUT2D eigenvalue weighted by Gasteiger charge is 2.20. The van der Waals surface area contributed by atoms with Crippen molar-refractivity contribution in [1.82, 2.24) is 14.9 Å². The van der Waals surface area contributed by atoms with E-state index in [1.165, 1.54) is 7.11 Å². The van der Waals surface area contributed by atoms with Crippen LogP contribution in [0.25, 0.3) is 0 Å². The Morgan fingerprint density at radius 1 is 1.37 bits per heavy atom. The fraction of sp³-hybridized carbons (Fsp3) is 0.389. The summed E-state index contributed by atoms with van der Waals surface area (Å²) in [5.41, 5.74) is 1.24. The third kappa shape index (κ3) is 4.67. The maximum Gasteiger partial charge on any atom is 0.254 e. The zero-order chi connectivity index (χ0) is 19.2. The Morgan fingerprint density at radius 3 is 2.85 bits per heavy atom. The fourth-order valence-corrected chi connectivity index (χ4v) is 3.01. The van der Waals surface area contributed by atoms with Crippen LogP contribution in [0.1, 0.15) is 17.3 Å². The van der Waals surface area contributed by atoms with Crippen molar-refractivity contribution in [2.75, 3.05) is 45.3 Å². The van der Waals surface area contributed by atoms with Crippen molar-refractivity contribution >= 4 is 33.5 Å². The summed E-state index contributed by atoms with van der Waals surface area (Å²) in [5, 5.41) is 3.11. The summed E-state index contributed by atoms with van der Waals surface area (Å²) in [7, 11) is 1.54. The number of rotatable bonds is 6. The van der Waals surface area contributed by atoms with Gasteiger partial charge in [-0.3, -0.25) is 4.79 Å². The molecule has 1 amide bonds. The fourth-order valence-electron chi connectivity index (χ4n) is 2.66. The highest BCUT2D eigenvalue weighted by Crippen LogP contribution is 2.30. The molecule has 0 aliphatic carbocycles. The van der Waals surface area contributed by atoms with Crippen molar-refractivity contribution < 1.29 is 19.0 Å². The molecule has 0 saturated carbocycles. The third-order valence-electron chi connectivity index (χ3n) is 3.98. The average molecular weight is 437 g/mol. The van der Waals surface area contributed by atoms with Gasteiger partial charge in [0.05, 0.1) is 43.3 Å². The summed E-state index contributed by atoms with van der Waals surface area (Å²) in [6.07, 6.45) is 1.60. The molecule has 27 heavy (non-hydrogen) atoms. The largest absolute Gasteiger partial charge is 0.492 e. The van der Waals surface area contributed by atoms with Gasteiger partial charge in [0.1, 0.15) is 5.75 Å². The lowest BCUT2D eigenvalue weighted by atomic mass is 10.1. The second kappa shape index (κ2) is 9.01. The second-order valence-electron chi connectivity index (χ2n) is 5.72. The van der Waals surface area contributed by atoms with Gasteiger partial charge >= 0.3 is 0 Å². The van der Waals surface area contributed by atoms with E-state index in [0.29, 0.717) is 66.2 Å². The van der Waals surface area contributed by atoms with E-state index in [-0.39, 0.29) is 5.91 Å². The van der Waals surface area contributed by atoms with Crippen molar-refractivity contribution in [3.8, 4) is 11.6 Å². The molecule has 0 radical (unpaired) electrons. The molecule has 8 nitrogen and oxygen atoms in total. The highest BCUT2D eigenvalue weighted by atomic mass is 79.9. The minimum absolute atomic E-state index is 0.0348. The lowest BCUT2D eigenvalue weighted by Gasteiger charge is -2.27. The van der Waals surface area contributed by atoms with Crippen molar-refractivity contribution in [2.45, 2.75) is 6.92 Å². The summed E-state index contributed by atoms with van der Waals surface area (Å²) < 4.78 is 16.9. The van der Waals surface area contributed by atoms with Gasteiger partial charge in [-0.2, -0.15) is 4.98 Å². The van der Waals surface area contributed by atoms with Crippen LogP contribution < -0.4 is 14.8 Å². The van der Waals surface area contributed by atoms with Crippen molar-refractivity contribution in [3.63, 3.8) is 0 Å². The van der Waals surface area contributed by atoms with E-state index >= 15 is 0 Å². The van der Waals surface area contributed by atoms with Gasteiger partial charge in [-0.05, 0) is 41.1 Å². The monoisotopic (exact) mass is 436 g/mol. The Morgan fingerprint density at radius 2 is 2.15 bits per heavy atom. The number of methoxy groups -OCH3 is 1. The molecule has 9 heteroatoms. The Kier molecular flexibility index (Phi) is 6.46. The Balaban J connectivity index is 1.84. The molecule has 1 N–H and O–H groups in total. The first-order chi connectivity index (χ1) is 13.1. The molecule has 1 aliphatic heterocycles. The van der Waals surface area contributed by atoms with E-state index in [9.17, 15) is 4.79 Å². The third-order valence-corrected chi connectivity index (χ3v) is 4.52. The van der Waals surface area contributed by atoms with Crippen molar-refractivity contribution in [2.24, 2.45) is 0 Å². The van der Waals surface area contributed by atoms with Gasteiger partial charge in [0.15, 0.2) is 0 Å². The number of benzene rings is 1. The summed E-state index contributed by atoms with van der Waals surface area (Å²) in [5.74, 6) is 1.31.